The molecule has 0 bridgehead atoms. The number of rotatable bonds is 6. The lowest BCUT2D eigenvalue weighted by atomic mass is 9.81. The summed E-state index contributed by atoms with van der Waals surface area (Å²) in [7, 11) is 0. The van der Waals surface area contributed by atoms with Gasteiger partial charge in [-0.3, -0.25) is 19.3 Å². The van der Waals surface area contributed by atoms with Gasteiger partial charge in [-0.15, -0.1) is 0 Å². The van der Waals surface area contributed by atoms with Gasteiger partial charge in [-0.2, -0.15) is 0 Å². The van der Waals surface area contributed by atoms with Crippen LogP contribution in [0.1, 0.15) is 47.0 Å². The van der Waals surface area contributed by atoms with E-state index in [9.17, 15) is 14.4 Å². The maximum Gasteiger partial charge on any atom is 0.252 e. The van der Waals surface area contributed by atoms with Crippen molar-refractivity contribution in [3.8, 4) is 0 Å². The molecular weight excluding hydrogens is 258 g/mol. The van der Waals surface area contributed by atoms with Crippen molar-refractivity contribution < 1.29 is 14.4 Å². The summed E-state index contributed by atoms with van der Waals surface area (Å²) in [5, 5.41) is 2.71. The molecule has 1 rings (SSSR count). The van der Waals surface area contributed by atoms with Crippen molar-refractivity contribution >= 4 is 17.7 Å². The number of carbonyl (C=O) groups excluding carboxylic acids is 3. The first-order chi connectivity index (χ1) is 9.32. The molecule has 1 atom stereocenters. The molecule has 1 unspecified atom stereocenters. The predicted molar refractivity (Wildman–Crippen MR) is 75.6 cm³/mol. The third-order valence-corrected chi connectivity index (χ3v) is 4.23. The summed E-state index contributed by atoms with van der Waals surface area (Å²) in [6.45, 7) is 7.59. The largest absolute Gasteiger partial charge is 0.343 e. The van der Waals surface area contributed by atoms with Crippen molar-refractivity contribution in [3.05, 3.63) is 0 Å². The van der Waals surface area contributed by atoms with Crippen LogP contribution in [0, 0.1) is 5.41 Å². The van der Waals surface area contributed by atoms with Crippen molar-refractivity contribution in [1.82, 2.24) is 10.2 Å². The summed E-state index contributed by atoms with van der Waals surface area (Å²) in [5.41, 5.74) is 5.06. The van der Waals surface area contributed by atoms with Crippen molar-refractivity contribution in [2.24, 2.45) is 11.1 Å². The molecule has 3 N–H and O–H groups in total. The molecule has 0 spiro atoms. The molecule has 114 valence electrons. The molecule has 1 saturated heterocycles. The first-order valence-corrected chi connectivity index (χ1v) is 7.19. The number of carbonyl (C=O) groups is 3. The van der Waals surface area contributed by atoms with Crippen LogP contribution in [0.25, 0.3) is 0 Å². The zero-order chi connectivity index (χ0) is 15.5. The molecule has 6 nitrogen and oxygen atoms in total. The average Bonchev–Trinajstić information content (AvgIpc) is 2.67. The van der Waals surface area contributed by atoms with E-state index in [0.717, 1.165) is 0 Å². The van der Waals surface area contributed by atoms with Gasteiger partial charge < -0.3 is 11.1 Å². The Kier molecular flexibility index (Phi) is 5.28. The van der Waals surface area contributed by atoms with Gasteiger partial charge in [-0.25, -0.2) is 0 Å². The third-order valence-electron chi connectivity index (χ3n) is 4.23. The first-order valence-electron chi connectivity index (χ1n) is 7.19. The summed E-state index contributed by atoms with van der Waals surface area (Å²) in [6.07, 6.45) is 1.25. The molecule has 0 aliphatic carbocycles. The molecule has 1 aliphatic heterocycles. The topological polar surface area (TPSA) is 92.5 Å². The maximum absolute atomic E-state index is 12.4. The Balaban J connectivity index is 2.82. The minimum absolute atomic E-state index is 0.0385. The van der Waals surface area contributed by atoms with Crippen LogP contribution in [0.15, 0.2) is 0 Å². The molecule has 1 heterocycles. The summed E-state index contributed by atoms with van der Waals surface area (Å²) in [6, 6.07) is -0.935. The fourth-order valence-electron chi connectivity index (χ4n) is 2.57. The van der Waals surface area contributed by atoms with Crippen molar-refractivity contribution in [2.45, 2.75) is 59.0 Å². The van der Waals surface area contributed by atoms with E-state index in [1.165, 1.54) is 4.90 Å². The SMILES string of the molecule is CCC(CC)(CN)C(=O)NC1CC(=O)N(C(C)C)C1=O. The van der Waals surface area contributed by atoms with Crippen LogP contribution < -0.4 is 11.1 Å². The van der Waals surface area contributed by atoms with Crippen LogP contribution in [-0.2, 0) is 14.4 Å². The third kappa shape index (κ3) is 2.85. The fraction of sp³-hybridized carbons (Fsp3) is 0.786. The molecule has 0 saturated carbocycles. The normalized spacial score (nSPS) is 19.9. The van der Waals surface area contributed by atoms with Crippen LogP contribution in [0.2, 0.25) is 0 Å². The number of imide groups is 1. The molecule has 0 aromatic heterocycles. The van der Waals surface area contributed by atoms with E-state index in [4.69, 9.17) is 5.73 Å². The highest BCUT2D eigenvalue weighted by Crippen LogP contribution is 2.26. The van der Waals surface area contributed by atoms with Gasteiger partial charge in [-0.05, 0) is 26.7 Å². The minimum Gasteiger partial charge on any atom is -0.343 e. The van der Waals surface area contributed by atoms with E-state index in [-0.39, 0.29) is 36.7 Å². The molecule has 20 heavy (non-hydrogen) atoms. The lowest BCUT2D eigenvalue weighted by Crippen LogP contribution is -2.51. The number of nitrogens with one attached hydrogen (secondary N) is 1. The maximum atomic E-state index is 12.4. The standard InChI is InChI=1S/C14H25N3O3/c1-5-14(6-2,8-15)13(20)16-10-7-11(18)17(9(3)4)12(10)19/h9-10H,5-8,15H2,1-4H3,(H,16,20). The second-order valence-electron chi connectivity index (χ2n) is 5.62. The second-order valence-corrected chi connectivity index (χ2v) is 5.62. The molecule has 6 heteroatoms. The van der Waals surface area contributed by atoms with Gasteiger partial charge in [0.2, 0.25) is 11.8 Å². The summed E-state index contributed by atoms with van der Waals surface area (Å²) in [4.78, 5) is 37.5. The number of amides is 3. The molecule has 3 amide bonds. The number of nitrogens with two attached hydrogens (primary N) is 1. The number of hydrogen-bond acceptors (Lipinski definition) is 4. The smallest absolute Gasteiger partial charge is 0.252 e. The van der Waals surface area contributed by atoms with Gasteiger partial charge in [0, 0.05) is 12.6 Å². The zero-order valence-electron chi connectivity index (χ0n) is 12.7. The Morgan fingerprint density at radius 2 is 1.95 bits per heavy atom. The zero-order valence-corrected chi connectivity index (χ0v) is 12.7. The quantitative estimate of drug-likeness (QED) is 0.690. The van der Waals surface area contributed by atoms with Crippen molar-refractivity contribution in [3.63, 3.8) is 0 Å². The van der Waals surface area contributed by atoms with Crippen molar-refractivity contribution in [2.75, 3.05) is 6.54 Å². The van der Waals surface area contributed by atoms with E-state index < -0.39 is 11.5 Å². The van der Waals surface area contributed by atoms with E-state index in [0.29, 0.717) is 12.8 Å². The predicted octanol–water partition coefficient (Wildman–Crippen LogP) is 0.404. The Hall–Kier alpha value is -1.43. The van der Waals surface area contributed by atoms with E-state index in [2.05, 4.69) is 5.32 Å². The lowest BCUT2D eigenvalue weighted by molar-refractivity contribution is -0.142. The molecule has 1 aliphatic rings. The van der Waals surface area contributed by atoms with Gasteiger partial charge in [0.25, 0.3) is 5.91 Å². The Labute approximate surface area is 120 Å². The van der Waals surface area contributed by atoms with Gasteiger partial charge >= 0.3 is 0 Å². The number of nitrogens with zero attached hydrogens (tertiary/aromatic N) is 1. The fourth-order valence-corrected chi connectivity index (χ4v) is 2.57. The second kappa shape index (κ2) is 6.35. The minimum atomic E-state index is -0.749. The van der Waals surface area contributed by atoms with E-state index >= 15 is 0 Å². The van der Waals surface area contributed by atoms with Crippen LogP contribution in [0.3, 0.4) is 0 Å². The monoisotopic (exact) mass is 283 g/mol. The highest BCUT2D eigenvalue weighted by atomic mass is 16.2. The summed E-state index contributed by atoms with van der Waals surface area (Å²) >= 11 is 0. The average molecular weight is 283 g/mol. The number of hydrogen-bond donors (Lipinski definition) is 2. The van der Waals surface area contributed by atoms with Gasteiger partial charge in [0.15, 0.2) is 0 Å². The van der Waals surface area contributed by atoms with Gasteiger partial charge in [0.1, 0.15) is 6.04 Å². The molecule has 0 aromatic carbocycles. The molecule has 1 fully saturated rings. The number of likely N-dealkylation sites (tertiary alicyclic amines) is 1. The van der Waals surface area contributed by atoms with Crippen molar-refractivity contribution in [1.29, 1.82) is 0 Å². The van der Waals surface area contributed by atoms with Crippen LogP contribution in [0.4, 0.5) is 0 Å². The van der Waals surface area contributed by atoms with Crippen LogP contribution in [-0.4, -0.2) is 41.2 Å². The van der Waals surface area contributed by atoms with Gasteiger partial charge in [-0.1, -0.05) is 13.8 Å². The molecule has 0 radical (unpaired) electrons. The van der Waals surface area contributed by atoms with E-state index in [1.807, 2.05) is 13.8 Å². The Morgan fingerprint density at radius 3 is 2.30 bits per heavy atom. The Morgan fingerprint density at radius 1 is 1.40 bits per heavy atom. The molecular formula is C14H25N3O3. The Bertz CT molecular complexity index is 394. The molecule has 0 aromatic rings. The lowest BCUT2D eigenvalue weighted by Gasteiger charge is -2.29. The summed E-state index contributed by atoms with van der Waals surface area (Å²) in [5.74, 6) is -0.792. The summed E-state index contributed by atoms with van der Waals surface area (Å²) < 4.78 is 0. The van der Waals surface area contributed by atoms with Gasteiger partial charge in [0.05, 0.1) is 11.8 Å². The highest BCUT2D eigenvalue weighted by Gasteiger charge is 2.43. The van der Waals surface area contributed by atoms with E-state index in [1.54, 1.807) is 13.8 Å². The van der Waals surface area contributed by atoms with Crippen LogP contribution in [0.5, 0.6) is 0 Å². The highest BCUT2D eigenvalue weighted by molar-refractivity contribution is 6.07. The first kappa shape index (κ1) is 16.6. The van der Waals surface area contributed by atoms with Crippen LogP contribution >= 0.6 is 0 Å².